The molecule has 0 fully saturated rings. The Morgan fingerprint density at radius 1 is 1.23 bits per heavy atom. The van der Waals surface area contributed by atoms with Crippen molar-refractivity contribution in [3.8, 4) is 5.75 Å². The van der Waals surface area contributed by atoms with Gasteiger partial charge in [-0.05, 0) is 54.2 Å². The number of rotatable bonds is 7. The number of ether oxygens (including phenoxy) is 1. The number of halogens is 1. The van der Waals surface area contributed by atoms with Gasteiger partial charge >= 0.3 is 0 Å². The lowest BCUT2D eigenvalue weighted by Crippen LogP contribution is -2.31. The molecule has 0 aliphatic heterocycles. The Bertz CT molecular complexity index is 995. The van der Waals surface area contributed by atoms with Crippen LogP contribution in [0.25, 0.3) is 0 Å². The van der Waals surface area contributed by atoms with Crippen molar-refractivity contribution in [3.63, 3.8) is 0 Å². The Kier molecular flexibility index (Phi) is 8.29. The minimum absolute atomic E-state index is 0.0675. The first-order valence-corrected chi connectivity index (χ1v) is 10.9. The lowest BCUT2D eigenvalue weighted by atomic mass is 9.87. The van der Waals surface area contributed by atoms with Crippen LogP contribution in [0, 0.1) is 6.92 Å². The Hall–Kier alpha value is -2.09. The SMILES string of the molecule is CO[S-](=O)=Nc1ccc([C@@H](C)NC(=O)COc2ccc(C(C)(C)C)c(Cl)c2)cc1C. The molecule has 0 aliphatic rings. The topological polar surface area (TPSA) is 77.0 Å². The molecule has 0 unspecified atom stereocenters. The zero-order valence-corrected chi connectivity index (χ0v) is 19.7. The fourth-order valence-electron chi connectivity index (χ4n) is 2.88. The lowest BCUT2D eigenvalue weighted by molar-refractivity contribution is -0.123. The third-order valence-electron chi connectivity index (χ3n) is 4.53. The van der Waals surface area contributed by atoms with E-state index >= 15 is 0 Å². The molecular weight excluding hydrogens is 424 g/mol. The first-order chi connectivity index (χ1) is 14.0. The van der Waals surface area contributed by atoms with Crippen molar-refractivity contribution >= 4 is 34.1 Å². The average molecular weight is 452 g/mol. The van der Waals surface area contributed by atoms with Crippen LogP contribution in [-0.4, -0.2) is 19.6 Å². The molecule has 0 saturated heterocycles. The van der Waals surface area contributed by atoms with Crippen LogP contribution in [0.2, 0.25) is 5.02 Å². The maximum atomic E-state index is 12.3. The molecule has 1 atom stereocenters. The van der Waals surface area contributed by atoms with Gasteiger partial charge < -0.3 is 22.8 Å². The predicted octanol–water partition coefficient (Wildman–Crippen LogP) is 5.54. The molecule has 1 N–H and O–H groups in total. The Balaban J connectivity index is 1.97. The van der Waals surface area contributed by atoms with Crippen molar-refractivity contribution in [2.24, 2.45) is 4.36 Å². The van der Waals surface area contributed by atoms with Gasteiger partial charge in [-0.2, -0.15) is 0 Å². The third kappa shape index (κ3) is 6.72. The van der Waals surface area contributed by atoms with Crippen LogP contribution in [0.5, 0.6) is 5.75 Å². The first kappa shape index (κ1) is 24.2. The second-order valence-corrected chi connectivity index (χ2v) is 9.35. The molecule has 8 heteroatoms. The van der Waals surface area contributed by atoms with Crippen molar-refractivity contribution in [2.45, 2.75) is 46.1 Å². The highest BCUT2D eigenvalue weighted by molar-refractivity contribution is 7.69. The molecule has 0 heterocycles. The van der Waals surface area contributed by atoms with E-state index in [1.165, 1.54) is 7.11 Å². The summed E-state index contributed by atoms with van der Waals surface area (Å²) >= 11 is 6.35. The maximum absolute atomic E-state index is 12.3. The van der Waals surface area contributed by atoms with Crippen LogP contribution in [0.4, 0.5) is 5.69 Å². The number of nitrogens with zero attached hydrogens (tertiary/aromatic N) is 1. The summed E-state index contributed by atoms with van der Waals surface area (Å²) in [5.74, 6) is 0.300. The molecule has 2 rings (SSSR count). The average Bonchev–Trinajstić information content (AvgIpc) is 2.66. The van der Waals surface area contributed by atoms with Crippen LogP contribution in [-0.2, 0) is 29.5 Å². The number of nitrogens with one attached hydrogen (secondary N) is 1. The number of carbonyl (C=O) groups is 1. The smallest absolute Gasteiger partial charge is 0.258 e. The van der Waals surface area contributed by atoms with E-state index in [4.69, 9.17) is 16.3 Å². The van der Waals surface area contributed by atoms with E-state index in [2.05, 4.69) is 34.6 Å². The molecule has 0 saturated carbocycles. The maximum Gasteiger partial charge on any atom is 0.258 e. The van der Waals surface area contributed by atoms with Crippen LogP contribution in [0.3, 0.4) is 0 Å². The molecular formula is C22H28ClN2O4S-. The van der Waals surface area contributed by atoms with Crippen LogP contribution < -0.4 is 10.1 Å². The van der Waals surface area contributed by atoms with E-state index < -0.39 is 10.9 Å². The third-order valence-corrected chi connectivity index (χ3v) is 5.48. The molecule has 0 aliphatic carbocycles. The quantitative estimate of drug-likeness (QED) is 0.560. The van der Waals surface area contributed by atoms with Gasteiger partial charge in [0.15, 0.2) is 6.61 Å². The lowest BCUT2D eigenvalue weighted by Gasteiger charge is -2.21. The van der Waals surface area contributed by atoms with Gasteiger partial charge in [0.2, 0.25) is 0 Å². The van der Waals surface area contributed by atoms with Gasteiger partial charge in [0, 0.05) is 17.8 Å². The second-order valence-electron chi connectivity index (χ2n) is 7.99. The molecule has 0 aromatic heterocycles. The fraction of sp³-hybridized carbons (Fsp3) is 0.409. The van der Waals surface area contributed by atoms with Crippen LogP contribution in [0.1, 0.15) is 50.4 Å². The summed E-state index contributed by atoms with van der Waals surface area (Å²) in [7, 11) is -0.386. The number of hydrogen-bond acceptors (Lipinski definition) is 6. The Labute approximate surface area is 185 Å². The molecule has 30 heavy (non-hydrogen) atoms. The number of carbonyl (C=O) groups excluding carboxylic acids is 1. The minimum Gasteiger partial charge on any atom is -0.484 e. The van der Waals surface area contributed by atoms with Crippen LogP contribution >= 0.6 is 11.6 Å². The van der Waals surface area contributed by atoms with Gasteiger partial charge in [-0.15, -0.1) is 0 Å². The van der Waals surface area contributed by atoms with Gasteiger partial charge in [-0.3, -0.25) is 4.79 Å². The largest absolute Gasteiger partial charge is 0.484 e. The molecule has 6 nitrogen and oxygen atoms in total. The number of amides is 1. The van der Waals surface area contributed by atoms with E-state index in [0.717, 1.165) is 16.7 Å². The van der Waals surface area contributed by atoms with E-state index in [9.17, 15) is 9.00 Å². The van der Waals surface area contributed by atoms with Crippen molar-refractivity contribution in [1.82, 2.24) is 5.32 Å². The summed E-state index contributed by atoms with van der Waals surface area (Å²) in [5.41, 5.74) is 3.28. The molecule has 2 aromatic rings. The highest BCUT2D eigenvalue weighted by Gasteiger charge is 2.18. The molecule has 1 amide bonds. The fourth-order valence-corrected chi connectivity index (χ4v) is 3.77. The standard InChI is InChI=1S/C22H28ClN2O4S/c1-14-11-16(7-10-20(14)25-30(27)28-6)15(2)24-21(26)13-29-17-8-9-18(19(23)12-17)22(3,4)5/h7-12,15H,13H2,1-6H3,(H,24,26)/q-1/t15-/m1/s1. The predicted molar refractivity (Wildman–Crippen MR) is 121 cm³/mol. The number of aryl methyl sites for hydroxylation is 1. The van der Waals surface area contributed by atoms with Crippen molar-refractivity contribution < 1.29 is 17.9 Å². The number of benzene rings is 2. The summed E-state index contributed by atoms with van der Waals surface area (Å²) in [6, 6.07) is 10.7. The number of hydrogen-bond donors (Lipinski definition) is 1. The van der Waals surface area contributed by atoms with Gasteiger partial charge in [-0.25, -0.2) is 0 Å². The summed E-state index contributed by atoms with van der Waals surface area (Å²) in [6.45, 7) is 9.88. The summed E-state index contributed by atoms with van der Waals surface area (Å²) in [6.07, 6.45) is 0. The molecule has 0 spiro atoms. The van der Waals surface area contributed by atoms with Crippen molar-refractivity contribution in [2.75, 3.05) is 13.7 Å². The monoisotopic (exact) mass is 451 g/mol. The molecule has 164 valence electrons. The first-order valence-electron chi connectivity index (χ1n) is 9.52. The van der Waals surface area contributed by atoms with Gasteiger partial charge in [0.1, 0.15) is 5.75 Å². The van der Waals surface area contributed by atoms with Gasteiger partial charge in [-0.1, -0.05) is 61.4 Å². The normalized spacial score (nSPS) is 13.7. The molecule has 2 aromatic carbocycles. The highest BCUT2D eigenvalue weighted by Crippen LogP contribution is 2.32. The molecule has 0 radical (unpaired) electrons. The van der Waals surface area contributed by atoms with Crippen LogP contribution in [0.15, 0.2) is 40.8 Å². The van der Waals surface area contributed by atoms with Gasteiger partial charge in [0.25, 0.3) is 5.91 Å². The Morgan fingerprint density at radius 3 is 2.50 bits per heavy atom. The van der Waals surface area contributed by atoms with E-state index in [1.807, 2.05) is 38.1 Å². The zero-order valence-electron chi connectivity index (χ0n) is 18.1. The Morgan fingerprint density at radius 2 is 1.93 bits per heavy atom. The second kappa shape index (κ2) is 10.3. The van der Waals surface area contributed by atoms with Crippen molar-refractivity contribution in [1.29, 1.82) is 0 Å². The van der Waals surface area contributed by atoms with E-state index in [-0.39, 0.29) is 24.0 Å². The highest BCUT2D eigenvalue weighted by atomic mass is 35.5. The summed E-state index contributed by atoms with van der Waals surface area (Å²) < 4.78 is 25.6. The van der Waals surface area contributed by atoms with Crippen molar-refractivity contribution in [3.05, 3.63) is 58.1 Å². The van der Waals surface area contributed by atoms with E-state index in [1.54, 1.807) is 12.1 Å². The minimum atomic E-state index is -1.71. The zero-order chi connectivity index (χ0) is 22.5. The molecule has 0 bridgehead atoms. The van der Waals surface area contributed by atoms with Gasteiger partial charge in [0.05, 0.1) is 6.04 Å². The van der Waals surface area contributed by atoms with E-state index in [0.29, 0.717) is 16.5 Å². The summed E-state index contributed by atoms with van der Waals surface area (Å²) in [5, 5.41) is 3.52. The summed E-state index contributed by atoms with van der Waals surface area (Å²) in [4.78, 5) is 12.3.